The minimum atomic E-state index is -1.30. The van der Waals surface area contributed by atoms with E-state index in [1.165, 1.54) is 6.92 Å². The molecule has 0 aromatic rings. The van der Waals surface area contributed by atoms with E-state index in [-0.39, 0.29) is 63.8 Å². The SMILES string of the molecule is CC(=O)O[C@@H](C1C[C@@H](C)[C@H]2C(O1)[C@H](O)[C@@]1(N)C3CC[C@H]4C(C)(C)[C@@H](O[C@H]5CN([C@H](C)C(N)=O)CCO5)CCC45C[C@@]35CC[C@]21C)C(C)(C)O. The lowest BCUT2D eigenvalue weighted by molar-refractivity contribution is -0.248. The maximum Gasteiger partial charge on any atom is 0.303 e. The molecule has 7 fully saturated rings. The number of nitrogens with zero attached hydrogens (tertiary/aromatic N) is 1. The van der Waals surface area contributed by atoms with Crippen molar-refractivity contribution in [2.45, 2.75) is 161 Å². The summed E-state index contributed by atoms with van der Waals surface area (Å²) < 4.78 is 25.3. The first-order valence-electron chi connectivity index (χ1n) is 19.1. The van der Waals surface area contributed by atoms with Gasteiger partial charge in [0, 0.05) is 13.5 Å². The Hall–Kier alpha value is -1.34. The highest BCUT2D eigenvalue weighted by atomic mass is 16.7. The van der Waals surface area contributed by atoms with Gasteiger partial charge in [0.25, 0.3) is 0 Å². The predicted molar refractivity (Wildman–Crippen MR) is 182 cm³/mol. The number of hydrogen-bond donors (Lipinski definition) is 4. The topological polar surface area (TPSA) is 167 Å². The van der Waals surface area contributed by atoms with Crippen LogP contribution in [0.5, 0.6) is 0 Å². The third-order valence-corrected chi connectivity index (χ3v) is 15.9. The maximum absolute atomic E-state index is 12.4. The van der Waals surface area contributed by atoms with Gasteiger partial charge in [-0.1, -0.05) is 27.7 Å². The van der Waals surface area contributed by atoms with Crippen molar-refractivity contribution in [3.05, 3.63) is 0 Å². The number of ether oxygens (including phenoxy) is 4. The van der Waals surface area contributed by atoms with E-state index in [1.54, 1.807) is 13.8 Å². The van der Waals surface area contributed by atoms with Crippen LogP contribution in [-0.2, 0) is 28.5 Å². The van der Waals surface area contributed by atoms with Crippen LogP contribution in [0.25, 0.3) is 0 Å². The summed E-state index contributed by atoms with van der Waals surface area (Å²) in [4.78, 5) is 26.0. The minimum Gasteiger partial charge on any atom is -0.457 e. The van der Waals surface area contributed by atoms with E-state index in [1.807, 2.05) is 6.92 Å². The molecule has 7 aliphatic rings. The number of fused-ring (bicyclic) bond motifs is 4. The average molecular weight is 690 g/mol. The number of primary amides is 1. The fourth-order valence-electron chi connectivity index (χ4n) is 13.7. The highest BCUT2D eigenvalue weighted by Crippen LogP contribution is 2.87. The summed E-state index contributed by atoms with van der Waals surface area (Å²) in [7, 11) is 0. The zero-order valence-electron chi connectivity index (χ0n) is 31.1. The third kappa shape index (κ3) is 4.98. The Morgan fingerprint density at radius 1 is 1.06 bits per heavy atom. The van der Waals surface area contributed by atoms with Gasteiger partial charge >= 0.3 is 5.97 Å². The summed E-state index contributed by atoms with van der Waals surface area (Å²) in [6.07, 6.45) is 4.81. The van der Waals surface area contributed by atoms with Gasteiger partial charge in [0.15, 0.2) is 12.4 Å². The van der Waals surface area contributed by atoms with Crippen molar-refractivity contribution in [2.75, 3.05) is 19.7 Å². The summed E-state index contributed by atoms with van der Waals surface area (Å²) in [6.45, 7) is 17.5. The van der Waals surface area contributed by atoms with Crippen LogP contribution >= 0.6 is 0 Å². The second kappa shape index (κ2) is 11.6. The Morgan fingerprint density at radius 2 is 1.73 bits per heavy atom. The Bertz CT molecular complexity index is 1340. The van der Waals surface area contributed by atoms with Crippen LogP contribution in [0.15, 0.2) is 0 Å². The number of nitrogens with two attached hydrogens (primary N) is 2. The fraction of sp³-hybridized carbons (Fsp3) is 0.947. The van der Waals surface area contributed by atoms with Crippen LogP contribution in [0.4, 0.5) is 0 Å². The van der Waals surface area contributed by atoms with Gasteiger partial charge in [-0.05, 0) is 117 Å². The smallest absolute Gasteiger partial charge is 0.303 e. The first-order chi connectivity index (χ1) is 22.7. The van der Waals surface area contributed by atoms with E-state index in [9.17, 15) is 19.8 Å². The third-order valence-electron chi connectivity index (χ3n) is 15.9. The van der Waals surface area contributed by atoms with Gasteiger partial charge in [-0.15, -0.1) is 0 Å². The molecule has 49 heavy (non-hydrogen) atoms. The molecule has 0 aromatic heterocycles. The number of carbonyl (C=O) groups is 2. The molecular formula is C38H63N3O8. The summed E-state index contributed by atoms with van der Waals surface area (Å²) in [5.74, 6) is 0.112. The predicted octanol–water partition coefficient (Wildman–Crippen LogP) is 3.11. The molecule has 5 aliphatic carbocycles. The van der Waals surface area contributed by atoms with Gasteiger partial charge in [-0.2, -0.15) is 0 Å². The van der Waals surface area contributed by atoms with Crippen molar-refractivity contribution < 1.29 is 38.7 Å². The Morgan fingerprint density at radius 3 is 2.39 bits per heavy atom. The number of esters is 1. The molecule has 0 aromatic carbocycles. The highest BCUT2D eigenvalue weighted by molar-refractivity contribution is 5.79. The average Bonchev–Trinajstić information content (AvgIpc) is 3.65. The van der Waals surface area contributed by atoms with Gasteiger partial charge in [-0.25, -0.2) is 0 Å². The van der Waals surface area contributed by atoms with Gasteiger partial charge in [0.05, 0.1) is 54.7 Å². The van der Waals surface area contributed by atoms with Gasteiger partial charge < -0.3 is 40.6 Å². The second-order valence-electron chi connectivity index (χ2n) is 18.9. The summed E-state index contributed by atoms with van der Waals surface area (Å²) in [6, 6.07) is -0.356. The van der Waals surface area contributed by atoms with E-state index in [4.69, 9.17) is 30.4 Å². The molecule has 5 saturated carbocycles. The summed E-state index contributed by atoms with van der Waals surface area (Å²) in [5.41, 5.74) is 11.2. The zero-order chi connectivity index (χ0) is 35.7. The number of rotatable bonds is 7. The number of aliphatic hydroxyl groups is 2. The van der Waals surface area contributed by atoms with Crippen molar-refractivity contribution in [3.63, 3.8) is 0 Å². The first-order valence-corrected chi connectivity index (χ1v) is 19.1. The molecule has 15 atom stereocenters. The normalized spacial score (nSPS) is 50.1. The fourth-order valence-corrected chi connectivity index (χ4v) is 13.7. The molecule has 4 unspecified atom stereocenters. The lowest BCUT2D eigenvalue weighted by Gasteiger charge is -2.63. The van der Waals surface area contributed by atoms with Crippen molar-refractivity contribution in [2.24, 2.45) is 56.8 Å². The van der Waals surface area contributed by atoms with E-state index in [2.05, 4.69) is 32.6 Å². The van der Waals surface area contributed by atoms with Crippen LogP contribution in [-0.4, -0.2) is 101 Å². The van der Waals surface area contributed by atoms with Gasteiger partial charge in [-0.3, -0.25) is 14.5 Å². The van der Waals surface area contributed by atoms with Crippen LogP contribution in [0, 0.1) is 45.3 Å². The molecule has 1 amide bonds. The number of carbonyl (C=O) groups excluding carboxylic acids is 2. The first kappa shape index (κ1) is 36.0. The Balaban J connectivity index is 1.12. The number of amides is 1. The summed E-state index contributed by atoms with van der Waals surface area (Å²) >= 11 is 0. The zero-order valence-corrected chi connectivity index (χ0v) is 31.1. The molecule has 278 valence electrons. The molecule has 2 spiro atoms. The monoisotopic (exact) mass is 689 g/mol. The van der Waals surface area contributed by atoms with Crippen molar-refractivity contribution in [3.8, 4) is 0 Å². The van der Waals surface area contributed by atoms with E-state index >= 15 is 0 Å². The molecule has 2 aliphatic heterocycles. The van der Waals surface area contributed by atoms with Crippen molar-refractivity contribution >= 4 is 11.9 Å². The van der Waals surface area contributed by atoms with Crippen LogP contribution < -0.4 is 11.5 Å². The highest BCUT2D eigenvalue weighted by Gasteiger charge is 2.85. The van der Waals surface area contributed by atoms with Crippen LogP contribution in [0.1, 0.15) is 107 Å². The largest absolute Gasteiger partial charge is 0.457 e. The van der Waals surface area contributed by atoms with Crippen molar-refractivity contribution in [1.82, 2.24) is 4.90 Å². The molecule has 11 heteroatoms. The molecule has 6 N–H and O–H groups in total. The molecule has 2 saturated heterocycles. The van der Waals surface area contributed by atoms with Gasteiger partial charge in [0.1, 0.15) is 0 Å². The van der Waals surface area contributed by atoms with Gasteiger partial charge in [0.2, 0.25) is 5.91 Å². The quantitative estimate of drug-likeness (QED) is 0.292. The lowest BCUT2D eigenvalue weighted by Crippen LogP contribution is -2.70. The molecule has 0 bridgehead atoms. The lowest BCUT2D eigenvalue weighted by atomic mass is 9.43. The number of hydrogen-bond acceptors (Lipinski definition) is 10. The number of morpholine rings is 1. The standard InChI is InChI=1S/C38H63N3O8/c1-20-17-23(31(34(6,7)45)47-22(3)42)48-29-28(20)35(8)13-14-37-19-36(37)12-11-26(49-27-18-41(15-16-46-27)21(2)32(39)44)33(4,5)24(36)9-10-25(37)38(35,40)30(29)43/h20-21,23-31,43,45H,9-19,40H2,1-8H3,(H2,39,44)/t20-,21-,23?,24+,25?,26+,27+,28+,29?,30+,31+,35-,36?,37+,38+/m1/s1. The molecular weight excluding hydrogens is 626 g/mol. The van der Waals surface area contributed by atoms with E-state index < -0.39 is 41.5 Å². The molecule has 11 nitrogen and oxygen atoms in total. The van der Waals surface area contributed by atoms with Crippen molar-refractivity contribution in [1.29, 1.82) is 0 Å². The molecule has 2 heterocycles. The van der Waals surface area contributed by atoms with E-state index in [0.29, 0.717) is 32.0 Å². The minimum absolute atomic E-state index is 0.0407. The Kier molecular flexibility index (Phi) is 8.52. The van der Waals surface area contributed by atoms with Crippen LogP contribution in [0.2, 0.25) is 0 Å². The second-order valence-corrected chi connectivity index (χ2v) is 18.9. The molecule has 0 radical (unpaired) electrons. The van der Waals surface area contributed by atoms with E-state index in [0.717, 1.165) is 44.9 Å². The maximum atomic E-state index is 12.4. The number of aliphatic hydroxyl groups excluding tert-OH is 1. The molecule has 7 rings (SSSR count). The van der Waals surface area contributed by atoms with Crippen LogP contribution in [0.3, 0.4) is 0 Å². The Labute approximate surface area is 292 Å². The summed E-state index contributed by atoms with van der Waals surface area (Å²) in [5, 5.41) is 23.5.